The lowest BCUT2D eigenvalue weighted by Crippen LogP contribution is -2.25. The molecule has 6 nitrogen and oxygen atoms in total. The molecule has 0 fully saturated rings. The second-order valence-electron chi connectivity index (χ2n) is 34.3. The molecule has 8 aromatic carbocycles. The number of unbranched alkanes of at least 4 members (excludes halogenated alkanes) is 1. The summed E-state index contributed by atoms with van der Waals surface area (Å²) in [7, 11) is 0. The molecule has 2 N–H and O–H groups in total. The fourth-order valence-corrected chi connectivity index (χ4v) is 14.3. The third-order valence-corrected chi connectivity index (χ3v) is 18.7. The van der Waals surface area contributed by atoms with Gasteiger partial charge in [-0.25, -0.2) is 8.78 Å². The van der Waals surface area contributed by atoms with E-state index in [4.69, 9.17) is 9.47 Å². The van der Waals surface area contributed by atoms with E-state index in [1.165, 1.54) is 46.5 Å². The van der Waals surface area contributed by atoms with E-state index in [1.54, 1.807) is 12.1 Å². The van der Waals surface area contributed by atoms with E-state index in [-0.39, 0.29) is 68.0 Å². The molecular formula is C84H102F2N2O4. The predicted octanol–water partition coefficient (Wildman–Crippen LogP) is 23.8. The molecule has 2 aromatic heterocycles. The van der Waals surface area contributed by atoms with Gasteiger partial charge in [-0.15, -0.1) is 0 Å². The van der Waals surface area contributed by atoms with Crippen molar-refractivity contribution >= 4 is 43.6 Å². The van der Waals surface area contributed by atoms with Crippen LogP contribution < -0.4 is 9.47 Å². The zero-order chi connectivity index (χ0) is 67.4. The van der Waals surface area contributed by atoms with Gasteiger partial charge >= 0.3 is 0 Å². The Balaban J connectivity index is 0.998. The number of halogens is 2. The van der Waals surface area contributed by atoms with Gasteiger partial charge in [0.25, 0.3) is 0 Å². The molecule has 0 spiro atoms. The van der Waals surface area contributed by atoms with Gasteiger partial charge in [0, 0.05) is 43.8 Å². The Morgan fingerprint density at radius 3 is 0.870 bits per heavy atom. The molecule has 0 unspecified atom stereocenters. The first kappa shape index (κ1) is 67.3. The van der Waals surface area contributed by atoms with Gasteiger partial charge in [0.15, 0.2) is 0 Å². The number of ether oxygens (including phenoxy) is 2. The van der Waals surface area contributed by atoms with Crippen LogP contribution in [-0.2, 0) is 32.5 Å². The Kier molecular flexibility index (Phi) is 17.4. The largest absolute Gasteiger partial charge is 0.505 e. The lowest BCUT2D eigenvalue weighted by Gasteiger charge is -2.34. The van der Waals surface area contributed by atoms with Crippen molar-refractivity contribution in [2.24, 2.45) is 10.8 Å². The van der Waals surface area contributed by atoms with Crippen LogP contribution in [0.1, 0.15) is 211 Å². The van der Waals surface area contributed by atoms with E-state index in [1.807, 2.05) is 12.1 Å². The smallest absolute Gasteiger partial charge is 0.147 e. The van der Waals surface area contributed by atoms with Crippen molar-refractivity contribution in [3.63, 3.8) is 0 Å². The van der Waals surface area contributed by atoms with Crippen LogP contribution >= 0.6 is 0 Å². The van der Waals surface area contributed by atoms with Crippen LogP contribution in [0.15, 0.2) is 133 Å². The third kappa shape index (κ3) is 13.7. The summed E-state index contributed by atoms with van der Waals surface area (Å²) < 4.78 is 49.5. The Morgan fingerprint density at radius 2 is 0.609 bits per heavy atom. The summed E-state index contributed by atoms with van der Waals surface area (Å²) in [6, 6.07) is 44.1. The maximum Gasteiger partial charge on any atom is 0.147 e. The van der Waals surface area contributed by atoms with Gasteiger partial charge in [-0.05, 0) is 212 Å². The van der Waals surface area contributed by atoms with Crippen molar-refractivity contribution in [1.29, 1.82) is 0 Å². The number of hydrogen-bond acceptors (Lipinski definition) is 4. The summed E-state index contributed by atoms with van der Waals surface area (Å²) in [6.07, 6.45) is 2.81. The summed E-state index contributed by atoms with van der Waals surface area (Å²) in [6.45, 7) is 49.8. The summed E-state index contributed by atoms with van der Waals surface area (Å²) in [5.41, 5.74) is 12.7. The molecule has 0 aliphatic heterocycles. The average molecular weight is 1240 g/mol. The quantitative estimate of drug-likeness (QED) is 0.100. The summed E-state index contributed by atoms with van der Waals surface area (Å²) in [5, 5.41) is 30.4. The van der Waals surface area contributed by atoms with E-state index in [0.29, 0.717) is 58.0 Å². The Hall–Kier alpha value is -7.58. The van der Waals surface area contributed by atoms with E-state index in [2.05, 4.69) is 246 Å². The maximum atomic E-state index is 15.9. The van der Waals surface area contributed by atoms with Crippen molar-refractivity contribution in [3.05, 3.63) is 178 Å². The molecule has 0 aliphatic rings. The highest BCUT2D eigenvalue weighted by Crippen LogP contribution is 2.51. The SMILES string of the molecule is CC(C)(C)CC(C)(C)c1cc(-c2cc(F)ccc2OCCCCOc2ccc(F)cc2-c2cc(C(C)(C)CC(C)(C)C)cc(-n3c4ccc(C(C)(C)C)cc4c4cc(C(C)(C)C)ccc43)c2O)c(O)c(-n2c3ccc(C(C)(C)C)cc3c3cc(C(C)(C)C)ccc32)c1. The Morgan fingerprint density at radius 1 is 0.326 bits per heavy atom. The van der Waals surface area contributed by atoms with Gasteiger partial charge in [-0.1, -0.05) is 177 Å². The standard InChI is InChI=1S/C84H102F2N2O4/c1-77(2,3)49-83(19,20)55-43-65(75(89)71(45-55)87-67-31-25-51(79(7,8)9)39-59(67)60-40-52(80(10,11)12)26-32-68(60)87)63-47-57(85)29-35-73(63)91-37-23-24-38-92-74-36-30-58(86)48-64(74)66-44-56(84(21,22)50-78(4,5)6)46-72(76(66)90)88-69-33-27-53(81(13,14)15)41-61(69)62-42-54(82(16,17)18)28-34-70(62)88/h25-36,39-48,89-90H,23-24,37-38,49-50H2,1-22H3. The maximum absolute atomic E-state index is 15.9. The summed E-state index contributed by atoms with van der Waals surface area (Å²) in [5.74, 6) is 0.0504. The molecule has 0 aliphatic carbocycles. The first-order valence-electron chi connectivity index (χ1n) is 33.3. The molecule has 0 radical (unpaired) electrons. The average Bonchev–Trinajstić information content (AvgIpc) is 1.53. The first-order chi connectivity index (χ1) is 42.5. The van der Waals surface area contributed by atoms with Crippen molar-refractivity contribution in [2.75, 3.05) is 13.2 Å². The van der Waals surface area contributed by atoms with Gasteiger partial charge in [-0.3, -0.25) is 0 Å². The highest BCUT2D eigenvalue weighted by Gasteiger charge is 2.34. The lowest BCUT2D eigenvalue weighted by molar-refractivity contribution is 0.267. The Labute approximate surface area is 548 Å². The van der Waals surface area contributed by atoms with E-state index < -0.39 is 11.6 Å². The molecule has 0 bridgehead atoms. The molecule has 10 rings (SSSR count). The van der Waals surface area contributed by atoms with Crippen LogP contribution in [0.25, 0.3) is 77.2 Å². The normalized spacial score (nSPS) is 13.3. The highest BCUT2D eigenvalue weighted by molar-refractivity contribution is 6.11. The predicted molar refractivity (Wildman–Crippen MR) is 385 cm³/mol. The Bertz CT molecular complexity index is 4020. The zero-order valence-corrected chi connectivity index (χ0v) is 59.3. The number of phenols is 2. The second-order valence-corrected chi connectivity index (χ2v) is 34.3. The second kappa shape index (κ2) is 23.8. The van der Waals surface area contributed by atoms with E-state index in [9.17, 15) is 10.2 Å². The summed E-state index contributed by atoms with van der Waals surface area (Å²) in [4.78, 5) is 0. The number of benzene rings is 8. The molecule has 0 saturated heterocycles. The van der Waals surface area contributed by atoms with Gasteiger partial charge in [0.05, 0.1) is 46.7 Å². The van der Waals surface area contributed by atoms with Gasteiger partial charge in [0.1, 0.15) is 34.6 Å². The van der Waals surface area contributed by atoms with Crippen molar-refractivity contribution in [1.82, 2.24) is 9.13 Å². The minimum absolute atomic E-state index is 0.0266. The molecule has 2 heterocycles. The lowest BCUT2D eigenvalue weighted by atomic mass is 9.71. The topological polar surface area (TPSA) is 68.8 Å². The van der Waals surface area contributed by atoms with Crippen LogP contribution in [0.2, 0.25) is 0 Å². The molecule has 0 saturated carbocycles. The number of phenolic OH excluding ortho intramolecular Hbond substituents is 2. The summed E-state index contributed by atoms with van der Waals surface area (Å²) >= 11 is 0. The third-order valence-electron chi connectivity index (χ3n) is 18.7. The van der Waals surface area contributed by atoms with Gasteiger partial charge in [0.2, 0.25) is 0 Å². The molecule has 8 heteroatoms. The first-order valence-corrected chi connectivity index (χ1v) is 33.3. The molecule has 0 atom stereocenters. The minimum Gasteiger partial charge on any atom is -0.505 e. The fraction of sp³-hybridized carbons (Fsp3) is 0.429. The fourth-order valence-electron chi connectivity index (χ4n) is 14.3. The van der Waals surface area contributed by atoms with Crippen molar-refractivity contribution in [3.8, 4) is 56.6 Å². The molecule has 92 heavy (non-hydrogen) atoms. The zero-order valence-electron chi connectivity index (χ0n) is 59.3. The minimum atomic E-state index is -0.446. The highest BCUT2D eigenvalue weighted by atomic mass is 19.1. The molecular weight excluding hydrogens is 1140 g/mol. The van der Waals surface area contributed by atoms with E-state index >= 15 is 8.78 Å². The van der Waals surface area contributed by atoms with Crippen LogP contribution in [-0.4, -0.2) is 32.6 Å². The number of rotatable bonds is 15. The molecule has 10 aromatic rings. The number of hydrogen-bond donors (Lipinski definition) is 2. The molecule has 0 amide bonds. The van der Waals surface area contributed by atoms with Gasteiger partial charge < -0.3 is 28.8 Å². The van der Waals surface area contributed by atoms with Crippen LogP contribution in [0.3, 0.4) is 0 Å². The van der Waals surface area contributed by atoms with Crippen LogP contribution in [0.5, 0.6) is 23.0 Å². The number of fused-ring (bicyclic) bond motifs is 6. The number of nitrogens with zero attached hydrogens (tertiary/aromatic N) is 2. The van der Waals surface area contributed by atoms with Gasteiger partial charge in [-0.2, -0.15) is 0 Å². The monoisotopic (exact) mass is 1240 g/mol. The number of aromatic hydroxyl groups is 2. The van der Waals surface area contributed by atoms with Crippen molar-refractivity contribution < 1.29 is 28.5 Å². The van der Waals surface area contributed by atoms with Crippen LogP contribution in [0, 0.1) is 22.5 Å². The number of aromatic nitrogens is 2. The molecule has 486 valence electrons. The van der Waals surface area contributed by atoms with Crippen LogP contribution in [0.4, 0.5) is 8.78 Å². The van der Waals surface area contributed by atoms with E-state index in [0.717, 1.165) is 67.6 Å². The van der Waals surface area contributed by atoms with Crippen molar-refractivity contribution in [2.45, 2.75) is 210 Å².